The summed E-state index contributed by atoms with van der Waals surface area (Å²) in [5.74, 6) is 0.774. The zero-order chi connectivity index (χ0) is 26.3. The highest BCUT2D eigenvalue weighted by Gasteiger charge is 2.27. The van der Waals surface area contributed by atoms with Gasteiger partial charge in [-0.1, -0.05) is 53.0 Å². The molecule has 0 heterocycles. The average molecular weight is 551 g/mol. The predicted molar refractivity (Wildman–Crippen MR) is 141 cm³/mol. The van der Waals surface area contributed by atoms with Gasteiger partial charge in [0.25, 0.3) is 0 Å². The molecule has 0 unspecified atom stereocenters. The van der Waals surface area contributed by atoms with Crippen molar-refractivity contribution < 1.29 is 22.7 Å². The third-order valence-corrected chi connectivity index (χ3v) is 7.92. The molecule has 192 valence electrons. The number of rotatable bonds is 11. The molecule has 0 aliphatic rings. The van der Waals surface area contributed by atoms with E-state index in [1.54, 1.807) is 50.6 Å². The highest BCUT2D eigenvalue weighted by atomic mass is 35.5. The highest BCUT2D eigenvalue weighted by Crippen LogP contribution is 2.28. The molecule has 0 atom stereocenters. The summed E-state index contributed by atoms with van der Waals surface area (Å²) in [6.45, 7) is 1.72. The molecule has 0 aromatic heterocycles. The third kappa shape index (κ3) is 7.13. The van der Waals surface area contributed by atoms with Crippen LogP contribution >= 0.6 is 23.2 Å². The average Bonchev–Trinajstić information content (AvgIpc) is 2.85. The van der Waals surface area contributed by atoms with Crippen LogP contribution in [0.2, 0.25) is 10.0 Å². The number of nitrogens with one attached hydrogen (secondary N) is 1. The van der Waals surface area contributed by atoms with Crippen molar-refractivity contribution in [3.63, 3.8) is 0 Å². The lowest BCUT2D eigenvalue weighted by molar-refractivity contribution is -0.121. The zero-order valence-corrected chi connectivity index (χ0v) is 22.6. The Hall–Kier alpha value is -2.78. The van der Waals surface area contributed by atoms with Gasteiger partial charge in [0.2, 0.25) is 15.9 Å². The Bertz CT molecular complexity index is 1310. The van der Waals surface area contributed by atoms with Crippen molar-refractivity contribution in [3.8, 4) is 11.5 Å². The van der Waals surface area contributed by atoms with Crippen molar-refractivity contribution in [1.82, 2.24) is 9.62 Å². The van der Waals surface area contributed by atoms with Gasteiger partial charge in [0.05, 0.1) is 25.7 Å². The van der Waals surface area contributed by atoms with Gasteiger partial charge in [0, 0.05) is 23.1 Å². The standard InChI is InChI=1S/C26H28Cl2N2O5S/c1-18-4-9-22(10-5-18)36(32,33)30(16-20-7-8-21(27)15-23(20)28)17-26(31)29-13-12-19-6-11-24(34-2)25(14-19)35-3/h4-11,14-15H,12-13,16-17H2,1-3H3,(H,29,31). The Labute approximate surface area is 222 Å². The minimum absolute atomic E-state index is 0.0880. The van der Waals surface area contributed by atoms with Crippen molar-refractivity contribution in [2.24, 2.45) is 0 Å². The number of nitrogens with zero attached hydrogens (tertiary/aromatic N) is 1. The van der Waals surface area contributed by atoms with E-state index in [1.165, 1.54) is 12.1 Å². The first kappa shape index (κ1) is 27.8. The van der Waals surface area contributed by atoms with Crippen molar-refractivity contribution in [1.29, 1.82) is 0 Å². The molecule has 0 bridgehead atoms. The second-order valence-electron chi connectivity index (χ2n) is 8.11. The first-order chi connectivity index (χ1) is 17.1. The summed E-state index contributed by atoms with van der Waals surface area (Å²) >= 11 is 12.3. The van der Waals surface area contributed by atoms with Crippen LogP contribution in [-0.2, 0) is 27.8 Å². The molecule has 0 saturated heterocycles. The molecule has 0 aliphatic heterocycles. The van der Waals surface area contributed by atoms with E-state index in [2.05, 4.69) is 5.32 Å². The molecule has 3 aromatic rings. The van der Waals surface area contributed by atoms with Gasteiger partial charge in [-0.15, -0.1) is 0 Å². The fourth-order valence-corrected chi connectivity index (χ4v) is 5.37. The van der Waals surface area contributed by atoms with Crippen LogP contribution in [0.5, 0.6) is 11.5 Å². The van der Waals surface area contributed by atoms with Gasteiger partial charge < -0.3 is 14.8 Å². The maximum absolute atomic E-state index is 13.4. The predicted octanol–water partition coefficient (Wildman–Crippen LogP) is 4.87. The van der Waals surface area contributed by atoms with Crippen LogP contribution in [0.1, 0.15) is 16.7 Å². The van der Waals surface area contributed by atoms with Crippen LogP contribution < -0.4 is 14.8 Å². The quantitative estimate of drug-likeness (QED) is 0.368. The van der Waals surface area contributed by atoms with Gasteiger partial charge >= 0.3 is 0 Å². The second-order valence-corrected chi connectivity index (χ2v) is 10.9. The van der Waals surface area contributed by atoms with E-state index in [-0.39, 0.29) is 18.0 Å². The smallest absolute Gasteiger partial charge is 0.243 e. The summed E-state index contributed by atoms with van der Waals surface area (Å²) in [6.07, 6.45) is 0.528. The Morgan fingerprint density at radius 2 is 1.64 bits per heavy atom. The Morgan fingerprint density at radius 3 is 2.28 bits per heavy atom. The highest BCUT2D eigenvalue weighted by molar-refractivity contribution is 7.89. The van der Waals surface area contributed by atoms with Crippen molar-refractivity contribution in [2.45, 2.75) is 24.8 Å². The maximum atomic E-state index is 13.4. The van der Waals surface area contributed by atoms with Crippen LogP contribution in [-0.4, -0.2) is 45.9 Å². The molecule has 3 rings (SSSR count). The van der Waals surface area contributed by atoms with Crippen LogP contribution in [0, 0.1) is 6.92 Å². The lowest BCUT2D eigenvalue weighted by Gasteiger charge is -2.22. The van der Waals surface area contributed by atoms with Gasteiger partial charge in [-0.3, -0.25) is 4.79 Å². The molecule has 1 amide bonds. The fraction of sp³-hybridized carbons (Fsp3) is 0.269. The van der Waals surface area contributed by atoms with Gasteiger partial charge in [-0.05, 0) is 60.9 Å². The Morgan fingerprint density at radius 1 is 0.944 bits per heavy atom. The number of methoxy groups -OCH3 is 2. The number of benzene rings is 3. The summed E-state index contributed by atoms with van der Waals surface area (Å²) in [7, 11) is -0.866. The number of carbonyl (C=O) groups excluding carboxylic acids is 1. The molecule has 0 fully saturated rings. The number of halogens is 2. The summed E-state index contributed by atoms with van der Waals surface area (Å²) in [5, 5.41) is 3.55. The van der Waals surface area contributed by atoms with Gasteiger partial charge in [-0.2, -0.15) is 4.31 Å². The van der Waals surface area contributed by atoms with Crippen LogP contribution in [0.4, 0.5) is 0 Å². The minimum Gasteiger partial charge on any atom is -0.493 e. The number of hydrogen-bond donors (Lipinski definition) is 1. The molecule has 0 aliphatic carbocycles. The van der Waals surface area contributed by atoms with E-state index in [0.717, 1.165) is 15.4 Å². The first-order valence-electron chi connectivity index (χ1n) is 11.1. The van der Waals surface area contributed by atoms with Crippen molar-refractivity contribution >= 4 is 39.1 Å². The summed E-state index contributed by atoms with van der Waals surface area (Å²) in [4.78, 5) is 12.9. The van der Waals surface area contributed by atoms with E-state index < -0.39 is 15.9 Å². The van der Waals surface area contributed by atoms with Gasteiger partial charge in [0.1, 0.15) is 0 Å². The second kappa shape index (κ2) is 12.5. The van der Waals surface area contributed by atoms with E-state index in [4.69, 9.17) is 32.7 Å². The largest absolute Gasteiger partial charge is 0.493 e. The molecule has 0 radical (unpaired) electrons. The normalized spacial score (nSPS) is 11.4. The van der Waals surface area contributed by atoms with Gasteiger partial charge in [0.15, 0.2) is 11.5 Å². The zero-order valence-electron chi connectivity index (χ0n) is 20.3. The number of sulfonamides is 1. The fourth-order valence-electron chi connectivity index (χ4n) is 3.52. The first-order valence-corrected chi connectivity index (χ1v) is 13.3. The number of hydrogen-bond acceptors (Lipinski definition) is 5. The number of carbonyl (C=O) groups is 1. The van der Waals surface area contributed by atoms with Crippen molar-refractivity contribution in [2.75, 3.05) is 27.3 Å². The molecule has 0 saturated carbocycles. The van der Waals surface area contributed by atoms with Crippen molar-refractivity contribution in [3.05, 3.63) is 87.4 Å². The SMILES string of the molecule is COc1ccc(CCNC(=O)CN(Cc2ccc(Cl)cc2Cl)S(=O)(=O)c2ccc(C)cc2)cc1OC. The van der Waals surface area contributed by atoms with E-state index in [1.807, 2.05) is 19.1 Å². The summed E-state index contributed by atoms with van der Waals surface area (Å²) in [5.41, 5.74) is 2.40. The molecule has 36 heavy (non-hydrogen) atoms. The minimum atomic E-state index is -3.98. The molecular weight excluding hydrogens is 523 g/mol. The lowest BCUT2D eigenvalue weighted by atomic mass is 10.1. The number of ether oxygens (including phenoxy) is 2. The maximum Gasteiger partial charge on any atom is 0.243 e. The monoisotopic (exact) mass is 550 g/mol. The van der Waals surface area contributed by atoms with E-state index in [0.29, 0.717) is 40.1 Å². The van der Waals surface area contributed by atoms with Gasteiger partial charge in [-0.25, -0.2) is 8.42 Å². The summed E-state index contributed by atoms with van der Waals surface area (Å²) in [6, 6.07) is 16.8. The molecule has 1 N–H and O–H groups in total. The number of aryl methyl sites for hydroxylation is 1. The lowest BCUT2D eigenvalue weighted by Crippen LogP contribution is -2.40. The molecule has 7 nitrogen and oxygen atoms in total. The van der Waals surface area contributed by atoms with E-state index in [9.17, 15) is 13.2 Å². The molecule has 3 aromatic carbocycles. The van der Waals surface area contributed by atoms with Crippen LogP contribution in [0.25, 0.3) is 0 Å². The molecular formula is C26H28Cl2N2O5S. The third-order valence-electron chi connectivity index (χ3n) is 5.52. The van der Waals surface area contributed by atoms with Crippen LogP contribution in [0.15, 0.2) is 65.6 Å². The Balaban J connectivity index is 1.74. The topological polar surface area (TPSA) is 84.9 Å². The van der Waals surface area contributed by atoms with E-state index >= 15 is 0 Å². The molecule has 0 spiro atoms. The number of amides is 1. The summed E-state index contributed by atoms with van der Waals surface area (Å²) < 4.78 is 38.5. The molecule has 10 heteroatoms. The Kier molecular flexibility index (Phi) is 9.62. The van der Waals surface area contributed by atoms with Crippen LogP contribution in [0.3, 0.4) is 0 Å².